The maximum absolute atomic E-state index is 12.6. The Morgan fingerprint density at radius 3 is 3.00 bits per heavy atom. The van der Waals surface area contributed by atoms with Crippen molar-refractivity contribution in [3.63, 3.8) is 0 Å². The number of amides is 1. The lowest BCUT2D eigenvalue weighted by atomic mass is 10.2. The third kappa shape index (κ3) is 2.79. The van der Waals surface area contributed by atoms with Crippen LogP contribution in [0.1, 0.15) is 29.6 Å². The summed E-state index contributed by atoms with van der Waals surface area (Å²) in [6.45, 7) is 0. The molecule has 1 N–H and O–H groups in total. The van der Waals surface area contributed by atoms with Gasteiger partial charge in [0, 0.05) is 13.3 Å². The maximum atomic E-state index is 12.6. The molecular formula is C12H15FN2O2. The third-order valence-electron chi connectivity index (χ3n) is 3.06. The molecule has 2 rings (SSSR count). The van der Waals surface area contributed by atoms with E-state index in [1.165, 1.54) is 18.3 Å². The topological polar surface area (TPSA) is 51.2 Å². The van der Waals surface area contributed by atoms with Gasteiger partial charge in [-0.2, -0.15) is 4.39 Å². The molecule has 1 amide bonds. The van der Waals surface area contributed by atoms with Crippen LogP contribution in [0.3, 0.4) is 0 Å². The lowest BCUT2D eigenvalue weighted by molar-refractivity contribution is 0.0722. The third-order valence-corrected chi connectivity index (χ3v) is 3.06. The van der Waals surface area contributed by atoms with Crippen LogP contribution in [-0.4, -0.2) is 30.1 Å². The van der Waals surface area contributed by atoms with E-state index in [9.17, 15) is 9.18 Å². The number of hydrogen-bond acceptors (Lipinski definition) is 3. The monoisotopic (exact) mass is 238 g/mol. The molecule has 0 aliphatic heterocycles. The fourth-order valence-electron chi connectivity index (χ4n) is 2.14. The highest BCUT2D eigenvalue weighted by molar-refractivity contribution is 5.94. The lowest BCUT2D eigenvalue weighted by Gasteiger charge is -2.19. The molecule has 4 nitrogen and oxygen atoms in total. The van der Waals surface area contributed by atoms with Crippen molar-refractivity contribution in [1.29, 1.82) is 0 Å². The summed E-state index contributed by atoms with van der Waals surface area (Å²) in [6, 6.07) is 2.64. The van der Waals surface area contributed by atoms with Crippen LogP contribution < -0.4 is 5.32 Å². The van der Waals surface area contributed by atoms with E-state index in [1.54, 1.807) is 7.11 Å². The molecule has 1 saturated carbocycles. The maximum Gasteiger partial charge on any atom is 0.253 e. The normalized spacial score (nSPS) is 23.6. The number of nitrogens with zero attached hydrogens (tertiary/aromatic N) is 1. The van der Waals surface area contributed by atoms with Crippen molar-refractivity contribution in [2.24, 2.45) is 0 Å². The lowest BCUT2D eigenvalue weighted by Crippen LogP contribution is -2.40. The number of hydrogen-bond donors (Lipinski definition) is 1. The van der Waals surface area contributed by atoms with Gasteiger partial charge in [0.05, 0.1) is 17.7 Å². The second-order valence-corrected chi connectivity index (χ2v) is 4.15. The van der Waals surface area contributed by atoms with Gasteiger partial charge in [-0.1, -0.05) is 0 Å². The smallest absolute Gasteiger partial charge is 0.253 e. The second kappa shape index (κ2) is 5.23. The Labute approximate surface area is 99.2 Å². The second-order valence-electron chi connectivity index (χ2n) is 4.15. The van der Waals surface area contributed by atoms with Gasteiger partial charge in [0.1, 0.15) is 0 Å². The Hall–Kier alpha value is -1.49. The highest BCUT2D eigenvalue weighted by atomic mass is 19.1. The van der Waals surface area contributed by atoms with Gasteiger partial charge in [0.15, 0.2) is 0 Å². The van der Waals surface area contributed by atoms with Gasteiger partial charge in [0.2, 0.25) is 5.95 Å². The highest BCUT2D eigenvalue weighted by Crippen LogP contribution is 2.21. The highest BCUT2D eigenvalue weighted by Gasteiger charge is 2.28. The van der Waals surface area contributed by atoms with E-state index in [-0.39, 0.29) is 18.1 Å². The summed E-state index contributed by atoms with van der Waals surface area (Å²) in [5.41, 5.74) is 0.369. The number of ether oxygens (including phenoxy) is 1. The number of carbonyl (C=O) groups excluding carboxylic acids is 1. The predicted octanol–water partition coefficient (Wildman–Crippen LogP) is 1.52. The van der Waals surface area contributed by atoms with Crippen LogP contribution in [0.4, 0.5) is 4.39 Å². The predicted molar refractivity (Wildman–Crippen MR) is 60.1 cm³/mol. The first kappa shape index (κ1) is 12.0. The first-order valence-corrected chi connectivity index (χ1v) is 5.66. The molecule has 92 valence electrons. The number of pyridine rings is 1. The van der Waals surface area contributed by atoms with Gasteiger partial charge in [-0.05, 0) is 31.4 Å². The molecule has 1 aromatic heterocycles. The Balaban J connectivity index is 1.99. The Bertz CT molecular complexity index is 394. The SMILES string of the molecule is COC1CCCC1NC(=O)c1ccc(F)nc1. The molecule has 1 aromatic rings. The number of halogens is 1. The van der Waals surface area contributed by atoms with Gasteiger partial charge in [-0.15, -0.1) is 0 Å². The molecule has 1 fully saturated rings. The van der Waals surface area contributed by atoms with E-state index in [2.05, 4.69) is 10.3 Å². The largest absolute Gasteiger partial charge is 0.379 e. The summed E-state index contributed by atoms with van der Waals surface area (Å²) >= 11 is 0. The number of carbonyl (C=O) groups is 1. The van der Waals surface area contributed by atoms with Gasteiger partial charge in [-0.25, -0.2) is 4.98 Å². The van der Waals surface area contributed by atoms with Gasteiger partial charge >= 0.3 is 0 Å². The molecule has 1 aliphatic carbocycles. The zero-order chi connectivity index (χ0) is 12.3. The molecule has 5 heteroatoms. The molecule has 0 aromatic carbocycles. The minimum atomic E-state index is -0.586. The number of rotatable bonds is 3. The molecule has 0 spiro atoms. The standard InChI is InChI=1S/C12H15FN2O2/c1-17-10-4-2-3-9(10)15-12(16)8-5-6-11(13)14-7-8/h5-7,9-10H,2-4H2,1H3,(H,15,16). The van der Waals surface area contributed by atoms with Crippen LogP contribution in [0, 0.1) is 5.95 Å². The van der Waals surface area contributed by atoms with E-state index < -0.39 is 5.95 Å². The van der Waals surface area contributed by atoms with Crippen LogP contribution in [-0.2, 0) is 4.74 Å². The molecule has 1 heterocycles. The Kier molecular flexibility index (Phi) is 3.68. The van der Waals surface area contributed by atoms with Crippen molar-refractivity contribution in [3.8, 4) is 0 Å². The average Bonchev–Trinajstić information content (AvgIpc) is 2.77. The Morgan fingerprint density at radius 1 is 1.53 bits per heavy atom. The zero-order valence-corrected chi connectivity index (χ0v) is 9.65. The molecule has 0 radical (unpaired) electrons. The van der Waals surface area contributed by atoms with Crippen molar-refractivity contribution in [1.82, 2.24) is 10.3 Å². The summed E-state index contributed by atoms with van der Waals surface area (Å²) in [4.78, 5) is 15.3. The number of methoxy groups -OCH3 is 1. The molecule has 2 unspecified atom stereocenters. The molecule has 2 atom stereocenters. The first-order valence-electron chi connectivity index (χ1n) is 5.66. The fraction of sp³-hybridized carbons (Fsp3) is 0.500. The summed E-state index contributed by atoms with van der Waals surface area (Å²) in [6.07, 6.45) is 4.24. The van der Waals surface area contributed by atoms with Gasteiger partial charge in [-0.3, -0.25) is 4.79 Å². The first-order chi connectivity index (χ1) is 8.20. The summed E-state index contributed by atoms with van der Waals surface area (Å²) < 4.78 is 17.9. The molecule has 0 bridgehead atoms. The van der Waals surface area contributed by atoms with Crippen LogP contribution in [0.2, 0.25) is 0 Å². The molecule has 17 heavy (non-hydrogen) atoms. The minimum absolute atomic E-state index is 0.0394. The van der Waals surface area contributed by atoms with Crippen molar-refractivity contribution in [2.45, 2.75) is 31.4 Å². The van der Waals surface area contributed by atoms with Crippen LogP contribution in [0.5, 0.6) is 0 Å². The van der Waals surface area contributed by atoms with Crippen molar-refractivity contribution in [3.05, 3.63) is 29.8 Å². The van der Waals surface area contributed by atoms with E-state index >= 15 is 0 Å². The summed E-state index contributed by atoms with van der Waals surface area (Å²) in [5, 5.41) is 2.89. The number of aromatic nitrogens is 1. The zero-order valence-electron chi connectivity index (χ0n) is 9.65. The Morgan fingerprint density at radius 2 is 2.35 bits per heavy atom. The fourth-order valence-corrected chi connectivity index (χ4v) is 2.14. The molecular weight excluding hydrogens is 223 g/mol. The van der Waals surface area contributed by atoms with Crippen molar-refractivity contribution < 1.29 is 13.9 Å². The van der Waals surface area contributed by atoms with Gasteiger partial charge < -0.3 is 10.1 Å². The summed E-state index contributed by atoms with van der Waals surface area (Å²) in [7, 11) is 1.65. The van der Waals surface area contributed by atoms with E-state index in [0.717, 1.165) is 19.3 Å². The number of nitrogens with one attached hydrogen (secondary N) is 1. The van der Waals surface area contributed by atoms with Crippen LogP contribution in [0.15, 0.2) is 18.3 Å². The van der Waals surface area contributed by atoms with E-state index in [1.807, 2.05) is 0 Å². The average molecular weight is 238 g/mol. The van der Waals surface area contributed by atoms with Crippen LogP contribution >= 0.6 is 0 Å². The van der Waals surface area contributed by atoms with E-state index in [4.69, 9.17) is 4.74 Å². The summed E-state index contributed by atoms with van der Waals surface area (Å²) in [5.74, 6) is -0.816. The van der Waals surface area contributed by atoms with E-state index in [0.29, 0.717) is 5.56 Å². The van der Waals surface area contributed by atoms with Crippen molar-refractivity contribution >= 4 is 5.91 Å². The minimum Gasteiger partial charge on any atom is -0.379 e. The van der Waals surface area contributed by atoms with Crippen LogP contribution in [0.25, 0.3) is 0 Å². The quantitative estimate of drug-likeness (QED) is 0.812. The molecule has 0 saturated heterocycles. The van der Waals surface area contributed by atoms with Gasteiger partial charge in [0.25, 0.3) is 5.91 Å². The molecule has 1 aliphatic rings. The van der Waals surface area contributed by atoms with Crippen molar-refractivity contribution in [2.75, 3.05) is 7.11 Å².